The first-order valence-electron chi connectivity index (χ1n) is 13.8. The summed E-state index contributed by atoms with van der Waals surface area (Å²) in [7, 11) is 1.63. The Morgan fingerprint density at radius 1 is 0.917 bits per heavy atom. The highest BCUT2D eigenvalue weighted by Crippen LogP contribution is 2.23. The number of ether oxygens (including phenoxy) is 2. The number of carboxylic acids is 2. The SMILES string of the molecule is CCc1c(C(=O)OC(C)(C)C)[nH]c(C[NH2+]c2ccc(OC)cc2)c1C(=O)NCc1cccc[nH+]1.O=C([O-])C(F)(F)F.O=C([O-])C(F)(F)F. The summed E-state index contributed by atoms with van der Waals surface area (Å²) in [6.45, 7) is 8.18. The number of esters is 1. The molecular weight excluding hydrogens is 658 g/mol. The predicted octanol–water partition coefficient (Wildman–Crippen LogP) is 1.28. The number of nitrogens with one attached hydrogen (secondary N) is 3. The van der Waals surface area contributed by atoms with E-state index in [1.165, 1.54) is 0 Å². The fourth-order valence-corrected chi connectivity index (χ4v) is 3.64. The number of hydrogen-bond acceptors (Lipinski definition) is 8. The molecule has 3 rings (SSSR count). The molecule has 0 fully saturated rings. The molecule has 264 valence electrons. The number of H-pyrrole nitrogens is 2. The third-order valence-electron chi connectivity index (χ3n) is 5.70. The number of carbonyl (C=O) groups excluding carboxylic acids is 4. The number of hydrogen-bond donors (Lipinski definition) is 3. The molecule has 48 heavy (non-hydrogen) atoms. The van der Waals surface area contributed by atoms with Crippen LogP contribution in [0, 0.1) is 0 Å². The first kappa shape index (κ1) is 40.9. The summed E-state index contributed by atoms with van der Waals surface area (Å²) in [5.74, 6) is -5.95. The van der Waals surface area contributed by atoms with Crippen molar-refractivity contribution in [3.8, 4) is 5.75 Å². The Balaban J connectivity index is 0.000000687. The number of benzene rings is 1. The van der Waals surface area contributed by atoms with Crippen molar-refractivity contribution in [3.05, 3.63) is 76.9 Å². The summed E-state index contributed by atoms with van der Waals surface area (Å²) in [6.07, 6.45) is -8.07. The molecule has 0 saturated carbocycles. The molecule has 0 radical (unpaired) electrons. The van der Waals surface area contributed by atoms with Crippen molar-refractivity contribution < 1.29 is 75.5 Å². The molecule has 0 atom stereocenters. The Bertz CT molecular complexity index is 1490. The van der Waals surface area contributed by atoms with Crippen LogP contribution in [0.2, 0.25) is 0 Å². The molecule has 2 aromatic heterocycles. The number of alkyl halides is 6. The Hall–Kier alpha value is -5.13. The van der Waals surface area contributed by atoms with Gasteiger partial charge in [0.2, 0.25) is 0 Å². The number of carboxylic acid groups (broad SMARTS) is 2. The number of carbonyl (C=O) groups is 4. The van der Waals surface area contributed by atoms with Gasteiger partial charge in [-0.3, -0.25) is 4.79 Å². The smallest absolute Gasteiger partial charge is 0.430 e. The van der Waals surface area contributed by atoms with Crippen molar-refractivity contribution in [2.24, 2.45) is 0 Å². The van der Waals surface area contributed by atoms with E-state index < -0.39 is 35.9 Å². The first-order valence-corrected chi connectivity index (χ1v) is 13.8. The van der Waals surface area contributed by atoms with Crippen LogP contribution in [-0.4, -0.2) is 53.9 Å². The third-order valence-corrected chi connectivity index (χ3v) is 5.70. The second-order valence-electron chi connectivity index (χ2n) is 10.5. The molecule has 5 N–H and O–H groups in total. The van der Waals surface area contributed by atoms with Gasteiger partial charge >= 0.3 is 18.3 Å². The van der Waals surface area contributed by atoms with Crippen LogP contribution in [0.3, 0.4) is 0 Å². The third kappa shape index (κ3) is 14.1. The predicted molar refractivity (Wildman–Crippen MR) is 150 cm³/mol. The van der Waals surface area contributed by atoms with Crippen molar-refractivity contribution in [1.82, 2.24) is 10.3 Å². The van der Waals surface area contributed by atoms with Crippen molar-refractivity contribution >= 4 is 29.5 Å². The monoisotopic (exact) mass is 692 g/mol. The van der Waals surface area contributed by atoms with E-state index in [-0.39, 0.29) is 5.91 Å². The van der Waals surface area contributed by atoms with Gasteiger partial charge in [-0.1, -0.05) is 13.0 Å². The Morgan fingerprint density at radius 2 is 1.46 bits per heavy atom. The van der Waals surface area contributed by atoms with E-state index in [9.17, 15) is 35.9 Å². The number of aliphatic carboxylic acids is 2. The van der Waals surface area contributed by atoms with Crippen molar-refractivity contribution in [1.29, 1.82) is 0 Å². The summed E-state index contributed by atoms with van der Waals surface area (Å²) >= 11 is 0. The van der Waals surface area contributed by atoms with Crippen LogP contribution in [-0.2, 0) is 33.8 Å². The largest absolute Gasteiger partial charge is 0.542 e. The van der Waals surface area contributed by atoms with Gasteiger partial charge in [0.05, 0.1) is 18.4 Å². The van der Waals surface area contributed by atoms with Gasteiger partial charge in [-0.2, -0.15) is 26.3 Å². The van der Waals surface area contributed by atoms with Crippen LogP contribution in [0.4, 0.5) is 32.0 Å². The van der Waals surface area contributed by atoms with Gasteiger partial charge in [-0.05, 0) is 44.9 Å². The Labute approximate surface area is 270 Å². The number of amides is 1. The summed E-state index contributed by atoms with van der Waals surface area (Å²) in [6, 6.07) is 13.4. The first-order chi connectivity index (χ1) is 22.1. The average Bonchev–Trinajstić information content (AvgIpc) is 3.37. The lowest BCUT2D eigenvalue weighted by molar-refractivity contribution is -0.589. The van der Waals surface area contributed by atoms with Crippen LogP contribution in [0.1, 0.15) is 65.5 Å². The summed E-state index contributed by atoms with van der Waals surface area (Å²) in [5, 5.41) is 22.5. The van der Waals surface area contributed by atoms with Gasteiger partial charge < -0.3 is 44.9 Å². The van der Waals surface area contributed by atoms with Gasteiger partial charge in [0, 0.05) is 24.3 Å². The molecule has 1 aromatic carbocycles. The van der Waals surface area contributed by atoms with Crippen molar-refractivity contribution in [3.63, 3.8) is 0 Å². The number of methoxy groups -OCH3 is 1. The number of nitrogens with two attached hydrogens (primary N) is 1. The number of rotatable bonds is 9. The van der Waals surface area contributed by atoms with Gasteiger partial charge in [0.25, 0.3) is 5.91 Å². The zero-order valence-corrected chi connectivity index (χ0v) is 26.4. The van der Waals surface area contributed by atoms with Gasteiger partial charge in [0.1, 0.15) is 47.8 Å². The van der Waals surface area contributed by atoms with E-state index in [0.29, 0.717) is 42.0 Å². The standard InChI is InChI=1S/C26H32N4O4.2C2HF3O2/c1-6-20-22(24(31)29-15-18-9-7-8-14-27-18)21(30-23(20)25(32)34-26(2,3)4)16-28-17-10-12-19(33-5)13-11-17;2*3-2(4,5)1(6)7/h7-14,28,30H,6,15-16H2,1-5H3,(H,29,31);2*(H,6,7). The second kappa shape index (κ2) is 17.7. The van der Waals surface area contributed by atoms with Gasteiger partial charge in [-0.25, -0.2) is 9.78 Å². The number of aromatic nitrogens is 2. The maximum atomic E-state index is 13.3. The molecule has 12 nitrogen and oxygen atoms in total. The zero-order valence-electron chi connectivity index (χ0n) is 26.4. The molecule has 0 spiro atoms. The van der Waals surface area contributed by atoms with Crippen LogP contribution in [0.5, 0.6) is 5.75 Å². The lowest BCUT2D eigenvalue weighted by Gasteiger charge is -2.19. The van der Waals surface area contributed by atoms with E-state index >= 15 is 0 Å². The van der Waals surface area contributed by atoms with E-state index in [1.807, 2.05) is 81.7 Å². The highest BCUT2D eigenvalue weighted by atomic mass is 19.4. The quantitative estimate of drug-likeness (QED) is 0.170. The lowest BCUT2D eigenvalue weighted by Crippen LogP contribution is -2.76. The second-order valence-corrected chi connectivity index (χ2v) is 10.5. The van der Waals surface area contributed by atoms with Crippen LogP contribution in [0.25, 0.3) is 0 Å². The van der Waals surface area contributed by atoms with Gasteiger partial charge in [0.15, 0.2) is 11.9 Å². The fraction of sp³-hybridized carbons (Fsp3) is 0.367. The number of halogens is 6. The highest BCUT2D eigenvalue weighted by molar-refractivity contribution is 6.01. The van der Waals surface area contributed by atoms with Gasteiger partial charge in [-0.15, -0.1) is 0 Å². The number of aromatic amines is 2. The lowest BCUT2D eigenvalue weighted by atomic mass is 10.0. The zero-order chi connectivity index (χ0) is 36.9. The van der Waals surface area contributed by atoms with Crippen LogP contribution < -0.4 is 30.6 Å². The normalized spacial score (nSPS) is 11.2. The minimum Gasteiger partial charge on any atom is -0.542 e. The van der Waals surface area contributed by atoms with E-state index in [4.69, 9.17) is 29.3 Å². The van der Waals surface area contributed by atoms with E-state index in [0.717, 1.165) is 17.1 Å². The van der Waals surface area contributed by atoms with E-state index in [1.54, 1.807) is 7.11 Å². The number of pyridine rings is 1. The molecule has 18 heteroatoms. The van der Waals surface area contributed by atoms with Crippen LogP contribution in [0.15, 0.2) is 48.7 Å². The molecule has 0 aliphatic rings. The molecule has 0 unspecified atom stereocenters. The fourth-order valence-electron chi connectivity index (χ4n) is 3.64. The highest BCUT2D eigenvalue weighted by Gasteiger charge is 2.30. The maximum absolute atomic E-state index is 13.3. The topological polar surface area (TPSA) is 191 Å². The molecule has 0 aliphatic heterocycles. The molecule has 1 amide bonds. The summed E-state index contributed by atoms with van der Waals surface area (Å²) < 4.78 is 73.9. The maximum Gasteiger partial charge on any atom is 0.430 e. The molecule has 3 aromatic rings. The molecule has 0 bridgehead atoms. The summed E-state index contributed by atoms with van der Waals surface area (Å²) in [4.78, 5) is 50.1. The van der Waals surface area contributed by atoms with Crippen molar-refractivity contribution in [2.75, 3.05) is 7.11 Å². The molecule has 2 heterocycles. The van der Waals surface area contributed by atoms with Crippen LogP contribution >= 0.6 is 0 Å². The minimum atomic E-state index is -5.19. The van der Waals surface area contributed by atoms with Crippen molar-refractivity contribution in [2.45, 2.75) is 65.2 Å². The molecule has 0 saturated heterocycles. The molecule has 0 aliphatic carbocycles. The average molecular weight is 693 g/mol. The summed E-state index contributed by atoms with van der Waals surface area (Å²) in [5.41, 5.74) is 3.36. The number of quaternary nitrogens is 1. The Kier molecular flexibility index (Phi) is 15.1. The minimum absolute atomic E-state index is 0.238. The Morgan fingerprint density at radius 3 is 1.88 bits per heavy atom. The molecular formula is C30H34F6N4O8. The van der Waals surface area contributed by atoms with E-state index in [2.05, 4.69) is 15.3 Å².